The van der Waals surface area contributed by atoms with E-state index in [1.807, 2.05) is 0 Å². The van der Waals surface area contributed by atoms with Crippen molar-refractivity contribution in [3.8, 4) is 0 Å². The fourth-order valence-corrected chi connectivity index (χ4v) is 1.24. The van der Waals surface area contributed by atoms with Gasteiger partial charge in [0.1, 0.15) is 0 Å². The first-order chi connectivity index (χ1) is 6.68. The second-order valence-corrected chi connectivity index (χ2v) is 4.18. The van der Waals surface area contributed by atoms with Crippen molar-refractivity contribution in [3.05, 3.63) is 0 Å². The average molecular weight is 290 g/mol. The highest BCUT2D eigenvalue weighted by Crippen LogP contribution is 2.02. The van der Waals surface area contributed by atoms with Crippen molar-refractivity contribution >= 4 is 31.8 Å². The van der Waals surface area contributed by atoms with E-state index < -0.39 is 31.8 Å². The van der Waals surface area contributed by atoms with E-state index in [2.05, 4.69) is 21.7 Å². The van der Waals surface area contributed by atoms with Gasteiger partial charge in [-0.15, -0.1) is 0 Å². The Bertz CT molecular complexity index is 435. The third kappa shape index (κ3) is 7.53. The van der Waals surface area contributed by atoms with Crippen LogP contribution in [0.25, 0.3) is 0 Å². The van der Waals surface area contributed by atoms with Crippen LogP contribution in [0, 0.1) is 0 Å². The van der Waals surface area contributed by atoms with Gasteiger partial charge in [-0.3, -0.25) is 0 Å². The van der Waals surface area contributed by atoms with Crippen molar-refractivity contribution in [2.45, 2.75) is 0 Å². The molecule has 0 aromatic carbocycles. The fraction of sp³-hybridized carbons (Fsp3) is 0. The molecule has 12 nitrogen and oxygen atoms in total. The molecular formula is H2O12S3. The summed E-state index contributed by atoms with van der Waals surface area (Å²) in [5.41, 5.74) is 0. The van der Waals surface area contributed by atoms with Crippen molar-refractivity contribution in [1.82, 2.24) is 0 Å². The summed E-state index contributed by atoms with van der Waals surface area (Å²) in [6, 6.07) is 0. The lowest BCUT2D eigenvalue weighted by Gasteiger charge is -1.99. The summed E-state index contributed by atoms with van der Waals surface area (Å²) in [6.07, 6.45) is 0. The van der Waals surface area contributed by atoms with Gasteiger partial charge in [-0.2, -0.15) is 16.8 Å². The van der Waals surface area contributed by atoms with Gasteiger partial charge in [-0.25, -0.2) is 13.7 Å². The number of hydrogen-bond donors (Lipinski definition) is 2. The molecule has 0 aliphatic heterocycles. The van der Waals surface area contributed by atoms with Gasteiger partial charge in [-0.1, -0.05) is 21.7 Å². The first-order valence-electron chi connectivity index (χ1n) is 2.40. The normalized spacial score (nSPS) is 13.2. The Labute approximate surface area is 84.5 Å². The SMILES string of the molecule is O=[SH](=O)OOS(=O)(=O)OOS(=O)(=O)OO. The van der Waals surface area contributed by atoms with E-state index in [9.17, 15) is 25.3 Å². The lowest BCUT2D eigenvalue weighted by Crippen LogP contribution is -2.15. The third-order valence-electron chi connectivity index (χ3n) is 0.460. The molecule has 0 aliphatic rings. The Hall–Kier alpha value is -0.390. The average Bonchev–Trinajstić information content (AvgIpc) is 2.13. The van der Waals surface area contributed by atoms with Gasteiger partial charge in [-0.05, 0) is 0 Å². The van der Waals surface area contributed by atoms with Crippen LogP contribution >= 0.6 is 0 Å². The predicted molar refractivity (Wildman–Crippen MR) is 36.2 cm³/mol. The quantitative estimate of drug-likeness (QED) is 0.285. The molecular weight excluding hydrogens is 288 g/mol. The molecule has 0 heterocycles. The molecule has 0 aliphatic carbocycles. The van der Waals surface area contributed by atoms with E-state index in [4.69, 9.17) is 5.26 Å². The number of thiol groups is 1. The molecule has 0 amide bonds. The largest absolute Gasteiger partial charge is 0.455 e. The van der Waals surface area contributed by atoms with Gasteiger partial charge < -0.3 is 0 Å². The molecule has 0 fully saturated rings. The molecule has 0 saturated heterocycles. The van der Waals surface area contributed by atoms with E-state index in [1.54, 1.807) is 0 Å². The summed E-state index contributed by atoms with van der Waals surface area (Å²) >= 11 is 0. The highest BCUT2D eigenvalue weighted by molar-refractivity contribution is 7.84. The zero-order valence-corrected chi connectivity index (χ0v) is 8.73. The molecule has 0 unspecified atom stereocenters. The highest BCUT2D eigenvalue weighted by Gasteiger charge is 2.23. The topological polar surface area (TPSA) is 169 Å². The Balaban J connectivity index is 4.29. The molecule has 0 radical (unpaired) electrons. The second kappa shape index (κ2) is 5.63. The molecule has 0 spiro atoms. The first-order valence-corrected chi connectivity index (χ1v) is 6.16. The van der Waals surface area contributed by atoms with E-state index >= 15 is 0 Å². The van der Waals surface area contributed by atoms with Crippen molar-refractivity contribution < 1.29 is 52.2 Å². The number of rotatable bonds is 7. The Kier molecular flexibility index (Phi) is 5.48. The minimum Gasteiger partial charge on any atom is -0.233 e. The maximum Gasteiger partial charge on any atom is 0.455 e. The summed E-state index contributed by atoms with van der Waals surface area (Å²) < 4.78 is 74.9. The second-order valence-electron chi connectivity index (χ2n) is 1.39. The van der Waals surface area contributed by atoms with Gasteiger partial charge in [0.25, 0.3) is 11.0 Å². The van der Waals surface area contributed by atoms with Crippen molar-refractivity contribution in [2.24, 2.45) is 0 Å². The molecule has 0 saturated carbocycles. The Morgan fingerprint density at radius 3 is 1.73 bits per heavy atom. The maximum absolute atomic E-state index is 10.3. The van der Waals surface area contributed by atoms with E-state index in [-0.39, 0.29) is 0 Å². The van der Waals surface area contributed by atoms with Crippen molar-refractivity contribution in [3.63, 3.8) is 0 Å². The van der Waals surface area contributed by atoms with Crippen LogP contribution in [-0.2, 0) is 53.5 Å². The van der Waals surface area contributed by atoms with E-state index in [0.29, 0.717) is 0 Å². The Morgan fingerprint density at radius 2 is 1.33 bits per heavy atom. The molecule has 15 heavy (non-hydrogen) atoms. The molecule has 0 atom stereocenters. The summed E-state index contributed by atoms with van der Waals surface area (Å²) in [5, 5.41) is 7.55. The van der Waals surface area contributed by atoms with Gasteiger partial charge in [0.05, 0.1) is 0 Å². The minimum atomic E-state index is -5.22. The molecule has 1 N–H and O–H groups in total. The predicted octanol–water partition coefficient (Wildman–Crippen LogP) is -2.61. The lowest BCUT2D eigenvalue weighted by molar-refractivity contribution is -0.196. The van der Waals surface area contributed by atoms with Crippen LogP contribution in [0.5, 0.6) is 0 Å². The zero-order chi connectivity index (χ0) is 12.1. The van der Waals surface area contributed by atoms with Crippen LogP contribution in [0.1, 0.15) is 0 Å². The highest BCUT2D eigenvalue weighted by atomic mass is 32.3. The van der Waals surface area contributed by atoms with Gasteiger partial charge in [0.2, 0.25) is 0 Å². The first kappa shape index (κ1) is 14.6. The van der Waals surface area contributed by atoms with Gasteiger partial charge >= 0.3 is 20.8 Å². The summed E-state index contributed by atoms with van der Waals surface area (Å²) in [4.78, 5) is 0. The summed E-state index contributed by atoms with van der Waals surface area (Å²) in [6.45, 7) is 0. The van der Waals surface area contributed by atoms with Gasteiger partial charge in [0, 0.05) is 0 Å². The van der Waals surface area contributed by atoms with Crippen molar-refractivity contribution in [1.29, 1.82) is 0 Å². The lowest BCUT2D eigenvalue weighted by atomic mass is 14.9. The molecule has 0 bridgehead atoms. The van der Waals surface area contributed by atoms with Gasteiger partial charge in [0.15, 0.2) is 0 Å². The van der Waals surface area contributed by atoms with Crippen LogP contribution in [-0.4, -0.2) is 30.5 Å². The standard InChI is InChI=1S/H2O12S3/c1-8-14(4,5)11-12-15(6,7)10-9-13(2)3/h1,13H. The van der Waals surface area contributed by atoms with Crippen LogP contribution < -0.4 is 0 Å². The Morgan fingerprint density at radius 1 is 0.867 bits per heavy atom. The van der Waals surface area contributed by atoms with Crippen LogP contribution in [0.2, 0.25) is 0 Å². The van der Waals surface area contributed by atoms with E-state index in [1.165, 1.54) is 0 Å². The zero-order valence-electron chi connectivity index (χ0n) is 6.20. The monoisotopic (exact) mass is 290 g/mol. The molecule has 15 heteroatoms. The van der Waals surface area contributed by atoms with Crippen LogP contribution in [0.3, 0.4) is 0 Å². The molecule has 92 valence electrons. The third-order valence-corrected chi connectivity index (χ3v) is 1.73. The van der Waals surface area contributed by atoms with Crippen molar-refractivity contribution in [2.75, 3.05) is 0 Å². The van der Waals surface area contributed by atoms with Crippen LogP contribution in [0.15, 0.2) is 0 Å². The summed E-state index contributed by atoms with van der Waals surface area (Å²) in [5.74, 6) is 0. The fourth-order valence-electron chi connectivity index (χ4n) is 0.154. The van der Waals surface area contributed by atoms with E-state index in [0.717, 1.165) is 0 Å². The smallest absolute Gasteiger partial charge is 0.233 e. The maximum atomic E-state index is 10.3. The molecule has 0 aromatic rings. The molecule has 0 rings (SSSR count). The minimum absolute atomic E-state index is 2.60. The number of hydrogen-bond acceptors (Lipinski definition) is 12. The van der Waals surface area contributed by atoms with Crippen LogP contribution in [0.4, 0.5) is 0 Å². The summed E-state index contributed by atoms with van der Waals surface area (Å²) in [7, 11) is -14.0. The molecule has 0 aromatic heterocycles.